The zero-order valence-electron chi connectivity index (χ0n) is 6.84. The summed E-state index contributed by atoms with van der Waals surface area (Å²) in [6.45, 7) is 6.07. The first-order valence-electron chi connectivity index (χ1n) is 4.07. The molecule has 10 heavy (non-hydrogen) atoms. The number of hydrogen-bond donors (Lipinski definition) is 1. The number of nitrogens with two attached hydrogens (primary N) is 1. The summed E-state index contributed by atoms with van der Waals surface area (Å²) in [5.41, 5.74) is 5.58. The van der Waals surface area contributed by atoms with Crippen molar-refractivity contribution in [1.29, 1.82) is 0 Å². The zero-order valence-corrected chi connectivity index (χ0v) is 6.84. The van der Waals surface area contributed by atoms with E-state index in [0.717, 1.165) is 19.6 Å². The van der Waals surface area contributed by atoms with Gasteiger partial charge in [0.05, 0.1) is 6.10 Å². The molecular formula is C8H17NO. The van der Waals surface area contributed by atoms with Crippen LogP contribution < -0.4 is 5.73 Å². The standard InChI is InChI=1S/C8H17NO/c1-6(2)8-7(5-9)3-4-10-8/h6-8H,3-5,9H2,1-2H3/t7-,8+/m0/s1. The first kappa shape index (κ1) is 8.02. The maximum atomic E-state index is 5.58. The summed E-state index contributed by atoms with van der Waals surface area (Å²) in [5.74, 6) is 1.23. The van der Waals surface area contributed by atoms with Crippen molar-refractivity contribution in [2.24, 2.45) is 17.6 Å². The molecule has 0 aromatic carbocycles. The molecule has 0 aliphatic carbocycles. The predicted octanol–water partition coefficient (Wildman–Crippen LogP) is 1.01. The van der Waals surface area contributed by atoms with Crippen molar-refractivity contribution in [2.45, 2.75) is 26.4 Å². The summed E-state index contributed by atoms with van der Waals surface area (Å²) < 4.78 is 5.54. The van der Waals surface area contributed by atoms with Crippen molar-refractivity contribution in [2.75, 3.05) is 13.2 Å². The molecule has 0 aromatic heterocycles. The zero-order chi connectivity index (χ0) is 7.56. The van der Waals surface area contributed by atoms with E-state index in [0.29, 0.717) is 17.9 Å². The molecular weight excluding hydrogens is 126 g/mol. The minimum atomic E-state index is 0.421. The molecule has 0 unspecified atom stereocenters. The third kappa shape index (κ3) is 1.50. The van der Waals surface area contributed by atoms with Gasteiger partial charge in [-0.15, -0.1) is 0 Å². The lowest BCUT2D eigenvalue weighted by molar-refractivity contribution is 0.0558. The van der Waals surface area contributed by atoms with Crippen LogP contribution in [0.2, 0.25) is 0 Å². The van der Waals surface area contributed by atoms with Crippen molar-refractivity contribution in [3.8, 4) is 0 Å². The van der Waals surface area contributed by atoms with Gasteiger partial charge in [0, 0.05) is 6.61 Å². The van der Waals surface area contributed by atoms with Gasteiger partial charge in [-0.1, -0.05) is 13.8 Å². The smallest absolute Gasteiger partial charge is 0.0639 e. The predicted molar refractivity (Wildman–Crippen MR) is 41.7 cm³/mol. The topological polar surface area (TPSA) is 35.2 Å². The fraction of sp³-hybridized carbons (Fsp3) is 1.00. The van der Waals surface area contributed by atoms with Gasteiger partial charge in [0.25, 0.3) is 0 Å². The molecule has 0 amide bonds. The monoisotopic (exact) mass is 143 g/mol. The summed E-state index contributed by atoms with van der Waals surface area (Å²) in [7, 11) is 0. The van der Waals surface area contributed by atoms with E-state index in [4.69, 9.17) is 10.5 Å². The summed E-state index contributed by atoms with van der Waals surface area (Å²) in [6.07, 6.45) is 1.57. The van der Waals surface area contributed by atoms with Crippen LogP contribution in [-0.4, -0.2) is 19.3 Å². The third-order valence-corrected chi connectivity index (χ3v) is 2.22. The van der Waals surface area contributed by atoms with Crippen molar-refractivity contribution in [1.82, 2.24) is 0 Å². The first-order chi connectivity index (χ1) is 4.75. The molecule has 1 rings (SSSR count). The van der Waals surface area contributed by atoms with Crippen LogP contribution in [-0.2, 0) is 4.74 Å². The molecule has 1 aliphatic heterocycles. The molecule has 0 bridgehead atoms. The van der Waals surface area contributed by atoms with E-state index in [-0.39, 0.29) is 0 Å². The van der Waals surface area contributed by atoms with E-state index in [1.165, 1.54) is 0 Å². The Morgan fingerprint density at radius 3 is 2.70 bits per heavy atom. The van der Waals surface area contributed by atoms with Gasteiger partial charge in [0.2, 0.25) is 0 Å². The van der Waals surface area contributed by atoms with Crippen molar-refractivity contribution >= 4 is 0 Å². The van der Waals surface area contributed by atoms with Crippen molar-refractivity contribution in [3.63, 3.8) is 0 Å². The Morgan fingerprint density at radius 1 is 1.60 bits per heavy atom. The van der Waals surface area contributed by atoms with Crippen molar-refractivity contribution in [3.05, 3.63) is 0 Å². The number of rotatable bonds is 2. The van der Waals surface area contributed by atoms with E-state index >= 15 is 0 Å². The quantitative estimate of drug-likeness (QED) is 0.626. The molecule has 1 aliphatic rings. The van der Waals surface area contributed by atoms with Gasteiger partial charge >= 0.3 is 0 Å². The second-order valence-electron chi connectivity index (χ2n) is 3.36. The molecule has 0 spiro atoms. The molecule has 1 heterocycles. The Hall–Kier alpha value is -0.0800. The minimum absolute atomic E-state index is 0.421. The van der Waals surface area contributed by atoms with Crippen LogP contribution in [0.25, 0.3) is 0 Å². The Bertz CT molecular complexity index is 103. The van der Waals surface area contributed by atoms with Gasteiger partial charge < -0.3 is 10.5 Å². The molecule has 0 aromatic rings. The highest BCUT2D eigenvalue weighted by atomic mass is 16.5. The summed E-state index contributed by atoms with van der Waals surface area (Å²) in [4.78, 5) is 0. The van der Waals surface area contributed by atoms with Gasteiger partial charge in [-0.25, -0.2) is 0 Å². The lowest BCUT2D eigenvalue weighted by atomic mass is 9.93. The molecule has 1 fully saturated rings. The number of hydrogen-bond acceptors (Lipinski definition) is 2. The molecule has 2 atom stereocenters. The fourth-order valence-electron chi connectivity index (χ4n) is 1.64. The maximum Gasteiger partial charge on any atom is 0.0639 e. The van der Waals surface area contributed by atoms with Crippen LogP contribution >= 0.6 is 0 Å². The minimum Gasteiger partial charge on any atom is -0.378 e. The molecule has 60 valence electrons. The van der Waals surface area contributed by atoms with Crippen LogP contribution in [0.3, 0.4) is 0 Å². The highest BCUT2D eigenvalue weighted by molar-refractivity contribution is 4.78. The Labute approximate surface area is 62.7 Å². The fourth-order valence-corrected chi connectivity index (χ4v) is 1.64. The van der Waals surface area contributed by atoms with Gasteiger partial charge in [-0.05, 0) is 24.8 Å². The Balaban J connectivity index is 2.42. The van der Waals surface area contributed by atoms with Gasteiger partial charge in [-0.3, -0.25) is 0 Å². The second-order valence-corrected chi connectivity index (χ2v) is 3.36. The third-order valence-electron chi connectivity index (χ3n) is 2.22. The van der Waals surface area contributed by atoms with Gasteiger partial charge in [-0.2, -0.15) is 0 Å². The average molecular weight is 143 g/mol. The number of ether oxygens (including phenoxy) is 1. The second kappa shape index (κ2) is 3.35. The van der Waals surface area contributed by atoms with Crippen LogP contribution in [0.4, 0.5) is 0 Å². The first-order valence-corrected chi connectivity index (χ1v) is 4.07. The molecule has 2 heteroatoms. The molecule has 0 saturated carbocycles. The highest BCUT2D eigenvalue weighted by Gasteiger charge is 2.28. The normalized spacial score (nSPS) is 33.6. The van der Waals surface area contributed by atoms with Gasteiger partial charge in [0.15, 0.2) is 0 Å². The highest BCUT2D eigenvalue weighted by Crippen LogP contribution is 2.25. The Kier molecular flexibility index (Phi) is 2.69. The van der Waals surface area contributed by atoms with E-state index in [2.05, 4.69) is 13.8 Å². The van der Waals surface area contributed by atoms with Crippen LogP contribution in [0.1, 0.15) is 20.3 Å². The molecule has 2 N–H and O–H groups in total. The molecule has 1 saturated heterocycles. The lowest BCUT2D eigenvalue weighted by Gasteiger charge is -2.19. The average Bonchev–Trinajstić information content (AvgIpc) is 2.33. The SMILES string of the molecule is CC(C)[C@H]1OCC[C@H]1CN. The molecule has 2 nitrogen and oxygen atoms in total. The summed E-state index contributed by atoms with van der Waals surface area (Å²) in [5, 5.41) is 0. The molecule has 0 radical (unpaired) electrons. The summed E-state index contributed by atoms with van der Waals surface area (Å²) >= 11 is 0. The van der Waals surface area contributed by atoms with E-state index in [9.17, 15) is 0 Å². The van der Waals surface area contributed by atoms with Crippen LogP contribution in [0, 0.1) is 11.8 Å². The van der Waals surface area contributed by atoms with E-state index < -0.39 is 0 Å². The van der Waals surface area contributed by atoms with Crippen molar-refractivity contribution < 1.29 is 4.74 Å². The summed E-state index contributed by atoms with van der Waals surface area (Å²) in [6, 6.07) is 0. The lowest BCUT2D eigenvalue weighted by Crippen LogP contribution is -2.28. The van der Waals surface area contributed by atoms with Crippen LogP contribution in [0.15, 0.2) is 0 Å². The van der Waals surface area contributed by atoms with E-state index in [1.54, 1.807) is 0 Å². The van der Waals surface area contributed by atoms with Gasteiger partial charge in [0.1, 0.15) is 0 Å². The van der Waals surface area contributed by atoms with E-state index in [1.807, 2.05) is 0 Å². The largest absolute Gasteiger partial charge is 0.378 e. The van der Waals surface area contributed by atoms with Crippen LogP contribution in [0.5, 0.6) is 0 Å². The maximum absolute atomic E-state index is 5.58. The Morgan fingerprint density at radius 2 is 2.30 bits per heavy atom.